The molecular weight excluding hydrogens is 252 g/mol. The van der Waals surface area contributed by atoms with Gasteiger partial charge in [-0.2, -0.15) is 0 Å². The molecule has 0 heterocycles. The monoisotopic (exact) mass is 286 g/mol. The first-order valence-electron chi connectivity index (χ1n) is 8.28. The van der Waals surface area contributed by atoms with E-state index in [1.807, 2.05) is 12.2 Å². The number of allylic oxidation sites excluding steroid dienone is 8. The van der Waals surface area contributed by atoms with Crippen LogP contribution in [-0.4, -0.2) is 0 Å². The van der Waals surface area contributed by atoms with Crippen molar-refractivity contribution in [3.05, 3.63) is 60.3 Å². The van der Waals surface area contributed by atoms with Crippen LogP contribution in [-0.2, 0) is 0 Å². The van der Waals surface area contributed by atoms with E-state index in [1.54, 1.807) is 0 Å². The molecule has 0 saturated carbocycles. The molecule has 0 aliphatic rings. The van der Waals surface area contributed by atoms with Crippen molar-refractivity contribution >= 4 is 0 Å². The van der Waals surface area contributed by atoms with E-state index in [0.717, 1.165) is 38.5 Å². The first-order valence-corrected chi connectivity index (χ1v) is 8.28. The van der Waals surface area contributed by atoms with Crippen molar-refractivity contribution in [1.82, 2.24) is 0 Å². The molecule has 0 fully saturated rings. The van der Waals surface area contributed by atoms with Crippen LogP contribution in [0, 0.1) is 0 Å². The Morgan fingerprint density at radius 3 is 1.29 bits per heavy atom. The second-order valence-corrected chi connectivity index (χ2v) is 5.92. The van der Waals surface area contributed by atoms with E-state index in [9.17, 15) is 0 Å². The lowest BCUT2D eigenvalue weighted by molar-refractivity contribution is 0.904. The van der Waals surface area contributed by atoms with Gasteiger partial charge in [0.1, 0.15) is 0 Å². The summed E-state index contributed by atoms with van der Waals surface area (Å²) >= 11 is 0. The van der Waals surface area contributed by atoms with Crippen molar-refractivity contribution in [2.24, 2.45) is 0 Å². The molecule has 0 saturated heterocycles. The molecule has 0 N–H and O–H groups in total. The summed E-state index contributed by atoms with van der Waals surface area (Å²) in [5.74, 6) is 0. The van der Waals surface area contributed by atoms with Gasteiger partial charge in [0, 0.05) is 0 Å². The van der Waals surface area contributed by atoms with E-state index >= 15 is 0 Å². The average molecular weight is 287 g/mol. The van der Waals surface area contributed by atoms with E-state index in [-0.39, 0.29) is 0 Å². The Labute approximate surface area is 133 Å². The van der Waals surface area contributed by atoms with Gasteiger partial charge in [0.15, 0.2) is 0 Å². The van der Waals surface area contributed by atoms with Crippen molar-refractivity contribution in [2.45, 2.75) is 72.1 Å². The number of hydrogen-bond acceptors (Lipinski definition) is 0. The van der Waals surface area contributed by atoms with E-state index in [0.29, 0.717) is 0 Å². The molecule has 0 bridgehead atoms. The standard InChI is InChI=1S/C21H34/c1-6-8-13-19(3)15-10-11-16-21(5)18-12-17-20(4)14-9-7-2/h6-7,15-17H,1-2,8-14,18H2,3-5H3. The zero-order valence-electron chi connectivity index (χ0n) is 14.5. The van der Waals surface area contributed by atoms with Gasteiger partial charge in [-0.05, 0) is 72.1 Å². The molecule has 0 aliphatic carbocycles. The van der Waals surface area contributed by atoms with Gasteiger partial charge in [-0.3, -0.25) is 0 Å². The lowest BCUT2D eigenvalue weighted by Crippen LogP contribution is -1.81. The first kappa shape index (κ1) is 19.7. The molecule has 0 atom stereocenters. The van der Waals surface area contributed by atoms with Gasteiger partial charge in [-0.25, -0.2) is 0 Å². The van der Waals surface area contributed by atoms with Gasteiger partial charge in [-0.1, -0.05) is 47.1 Å². The van der Waals surface area contributed by atoms with Crippen molar-refractivity contribution in [3.63, 3.8) is 0 Å². The quantitative estimate of drug-likeness (QED) is 0.260. The van der Waals surface area contributed by atoms with Gasteiger partial charge in [0.05, 0.1) is 0 Å². The zero-order chi connectivity index (χ0) is 15.9. The highest BCUT2D eigenvalue weighted by Gasteiger charge is 1.92. The molecular formula is C21H34. The second-order valence-electron chi connectivity index (χ2n) is 5.92. The summed E-state index contributed by atoms with van der Waals surface area (Å²) in [6, 6.07) is 0. The molecule has 0 unspecified atom stereocenters. The zero-order valence-corrected chi connectivity index (χ0v) is 14.5. The largest absolute Gasteiger partial charge is 0.103 e. The van der Waals surface area contributed by atoms with Crippen molar-refractivity contribution in [1.29, 1.82) is 0 Å². The maximum atomic E-state index is 3.77. The van der Waals surface area contributed by atoms with E-state index in [4.69, 9.17) is 0 Å². The molecule has 0 spiro atoms. The lowest BCUT2D eigenvalue weighted by Gasteiger charge is -2.01. The fraction of sp³-hybridized carbons (Fsp3) is 0.524. The predicted octanol–water partition coefficient (Wildman–Crippen LogP) is 7.32. The van der Waals surface area contributed by atoms with Gasteiger partial charge in [0.2, 0.25) is 0 Å². The number of hydrogen-bond donors (Lipinski definition) is 0. The van der Waals surface area contributed by atoms with Gasteiger partial charge >= 0.3 is 0 Å². The Bertz CT molecular complexity index is 377. The van der Waals surface area contributed by atoms with E-state index in [1.165, 1.54) is 29.6 Å². The van der Waals surface area contributed by atoms with Crippen LogP contribution in [0.15, 0.2) is 60.3 Å². The molecule has 0 aromatic carbocycles. The van der Waals surface area contributed by atoms with Crippen LogP contribution in [0.3, 0.4) is 0 Å². The molecule has 0 amide bonds. The molecule has 21 heavy (non-hydrogen) atoms. The molecule has 0 aromatic heterocycles. The van der Waals surface area contributed by atoms with Crippen molar-refractivity contribution < 1.29 is 0 Å². The van der Waals surface area contributed by atoms with Crippen molar-refractivity contribution in [2.75, 3.05) is 0 Å². The Hall–Kier alpha value is -1.30. The Morgan fingerprint density at radius 1 is 0.571 bits per heavy atom. The molecule has 0 radical (unpaired) electrons. The van der Waals surface area contributed by atoms with Crippen LogP contribution < -0.4 is 0 Å². The van der Waals surface area contributed by atoms with E-state index < -0.39 is 0 Å². The number of rotatable bonds is 12. The summed E-state index contributed by atoms with van der Waals surface area (Å²) in [6.07, 6.45) is 20.3. The third-order valence-electron chi connectivity index (χ3n) is 3.67. The SMILES string of the molecule is C=CCCC(C)=CCCC=C(C)CCC=C(C)CCC=C. The van der Waals surface area contributed by atoms with Crippen LogP contribution in [0.2, 0.25) is 0 Å². The Balaban J connectivity index is 3.88. The summed E-state index contributed by atoms with van der Waals surface area (Å²) in [5, 5.41) is 0. The normalized spacial score (nSPS) is 13.4. The maximum Gasteiger partial charge on any atom is -0.0288 e. The fourth-order valence-electron chi connectivity index (χ4n) is 2.17. The summed E-state index contributed by atoms with van der Waals surface area (Å²) in [4.78, 5) is 0. The summed E-state index contributed by atoms with van der Waals surface area (Å²) in [6.45, 7) is 14.2. The molecule has 0 aromatic rings. The third kappa shape index (κ3) is 13.4. The topological polar surface area (TPSA) is 0 Å². The summed E-state index contributed by atoms with van der Waals surface area (Å²) < 4.78 is 0. The van der Waals surface area contributed by atoms with Crippen LogP contribution in [0.1, 0.15) is 72.1 Å². The molecule has 0 heteroatoms. The highest BCUT2D eigenvalue weighted by atomic mass is 14.0. The lowest BCUT2D eigenvalue weighted by atomic mass is 10.1. The Kier molecular flexibility index (Phi) is 12.8. The Morgan fingerprint density at radius 2 is 0.905 bits per heavy atom. The average Bonchev–Trinajstić information content (AvgIpc) is 2.47. The van der Waals surface area contributed by atoms with Gasteiger partial charge < -0.3 is 0 Å². The minimum absolute atomic E-state index is 1.09. The second kappa shape index (κ2) is 13.7. The molecule has 0 nitrogen and oxygen atoms in total. The highest BCUT2D eigenvalue weighted by Crippen LogP contribution is 2.12. The maximum absolute atomic E-state index is 3.77. The predicted molar refractivity (Wildman–Crippen MR) is 98.6 cm³/mol. The summed E-state index contributed by atoms with van der Waals surface area (Å²) in [7, 11) is 0. The first-order chi connectivity index (χ1) is 10.1. The number of unbranched alkanes of at least 4 members (excludes halogenated alkanes) is 1. The van der Waals surface area contributed by atoms with Crippen LogP contribution in [0.5, 0.6) is 0 Å². The molecule has 0 aliphatic heterocycles. The smallest absolute Gasteiger partial charge is 0.0288 e. The molecule has 0 rings (SSSR count). The highest BCUT2D eigenvalue weighted by molar-refractivity contribution is 5.05. The van der Waals surface area contributed by atoms with Crippen LogP contribution in [0.4, 0.5) is 0 Å². The van der Waals surface area contributed by atoms with Gasteiger partial charge in [0.25, 0.3) is 0 Å². The van der Waals surface area contributed by atoms with Crippen LogP contribution >= 0.6 is 0 Å². The van der Waals surface area contributed by atoms with Gasteiger partial charge in [-0.15, -0.1) is 13.2 Å². The van der Waals surface area contributed by atoms with E-state index in [2.05, 4.69) is 52.2 Å². The van der Waals surface area contributed by atoms with Crippen LogP contribution in [0.25, 0.3) is 0 Å². The minimum Gasteiger partial charge on any atom is -0.103 e. The minimum atomic E-state index is 1.09. The summed E-state index contributed by atoms with van der Waals surface area (Å²) in [5.41, 5.74) is 4.49. The van der Waals surface area contributed by atoms with Crippen molar-refractivity contribution in [3.8, 4) is 0 Å². The molecule has 118 valence electrons. The third-order valence-corrected chi connectivity index (χ3v) is 3.67. The fourth-order valence-corrected chi connectivity index (χ4v) is 2.17.